The zero-order valence-corrected chi connectivity index (χ0v) is 23.5. The van der Waals surface area contributed by atoms with E-state index in [0.29, 0.717) is 34.5 Å². The van der Waals surface area contributed by atoms with Crippen molar-refractivity contribution in [2.45, 2.75) is 6.04 Å². The van der Waals surface area contributed by atoms with Crippen LogP contribution in [0.1, 0.15) is 22.0 Å². The average molecular weight is 581 g/mol. The number of anilines is 1. The monoisotopic (exact) mass is 579 g/mol. The number of hydrogen-bond acceptors (Lipinski definition) is 7. The number of carbonyl (C=O) groups excluding carboxylic acids is 2. The molecule has 3 N–H and O–H groups in total. The molecule has 3 aromatic rings. The molecule has 1 fully saturated rings. The molecular weight excluding hydrogens is 549 g/mol. The van der Waals surface area contributed by atoms with Crippen LogP contribution in [0.3, 0.4) is 0 Å². The van der Waals surface area contributed by atoms with Crippen molar-refractivity contribution in [3.05, 3.63) is 87.9 Å². The summed E-state index contributed by atoms with van der Waals surface area (Å²) in [6.07, 6.45) is 0. The maximum Gasteiger partial charge on any atom is 0.248 e. The van der Waals surface area contributed by atoms with E-state index >= 15 is 0 Å². The second-order valence-electron chi connectivity index (χ2n) is 9.56. The van der Waals surface area contributed by atoms with Crippen molar-refractivity contribution in [1.82, 2.24) is 10.2 Å². The molecule has 0 aliphatic carbocycles. The first-order valence-corrected chi connectivity index (χ1v) is 13.7. The smallest absolute Gasteiger partial charge is 0.248 e. The zero-order valence-electron chi connectivity index (χ0n) is 22.0. The third-order valence-electron chi connectivity index (χ3n) is 6.80. The lowest BCUT2D eigenvalue weighted by atomic mass is 9.99. The normalized spacial score (nSPS) is 14.3. The fraction of sp³-hybridized carbons (Fsp3) is 0.300. The van der Waals surface area contributed by atoms with Gasteiger partial charge in [-0.25, -0.2) is 0 Å². The number of primary amides is 1. The summed E-state index contributed by atoms with van der Waals surface area (Å²) in [4.78, 5) is 28.4. The summed E-state index contributed by atoms with van der Waals surface area (Å²) in [6.45, 7) is 3.96. The van der Waals surface area contributed by atoms with Gasteiger partial charge in [-0.1, -0.05) is 59.6 Å². The van der Waals surface area contributed by atoms with E-state index in [1.807, 2.05) is 24.3 Å². The maximum atomic E-state index is 13.1. The van der Waals surface area contributed by atoms with Crippen LogP contribution in [0.2, 0.25) is 10.0 Å². The van der Waals surface area contributed by atoms with Gasteiger partial charge in [0.2, 0.25) is 5.91 Å². The van der Waals surface area contributed by atoms with Gasteiger partial charge in [-0.3, -0.25) is 14.5 Å². The van der Waals surface area contributed by atoms with E-state index in [2.05, 4.69) is 28.4 Å². The molecule has 8 nitrogen and oxygen atoms in total. The topological polar surface area (TPSA) is 112 Å². The molecule has 40 heavy (non-hydrogen) atoms. The van der Waals surface area contributed by atoms with Crippen molar-refractivity contribution in [3.63, 3.8) is 0 Å². The summed E-state index contributed by atoms with van der Waals surface area (Å²) in [5.41, 5.74) is 9.52. The van der Waals surface area contributed by atoms with Crippen molar-refractivity contribution in [1.29, 1.82) is 5.26 Å². The first kappa shape index (κ1) is 29.5. The predicted molar refractivity (Wildman–Crippen MR) is 158 cm³/mol. The molecule has 1 saturated heterocycles. The number of halogens is 2. The van der Waals surface area contributed by atoms with Crippen LogP contribution in [0.4, 0.5) is 5.69 Å². The highest BCUT2D eigenvalue weighted by molar-refractivity contribution is 6.42. The first-order chi connectivity index (χ1) is 19.3. The Hall–Kier alpha value is -3.45. The summed E-state index contributed by atoms with van der Waals surface area (Å²) in [5.74, 6) is -0.513. The standard InChI is InChI=1S/C30H31Cl2N5O3/c31-27-10-9-25(17-28(27)32)37(12-11-33)19-26(38)18-35-29(20-36-13-15-40-16-14-36)23-5-1-21(2-6-23)22-3-7-24(8-4-22)30(34)39/h1-10,17,29,35H,12-16,18-20H2,(H2,34,39). The van der Waals surface area contributed by atoms with Crippen LogP contribution < -0.4 is 16.0 Å². The highest BCUT2D eigenvalue weighted by atomic mass is 35.5. The number of nitrogens with zero attached hydrogens (tertiary/aromatic N) is 3. The van der Waals surface area contributed by atoms with Gasteiger partial charge < -0.3 is 20.7 Å². The van der Waals surface area contributed by atoms with E-state index < -0.39 is 5.91 Å². The minimum atomic E-state index is -0.457. The molecule has 0 saturated carbocycles. The molecule has 1 unspecified atom stereocenters. The second-order valence-corrected chi connectivity index (χ2v) is 10.4. The highest BCUT2D eigenvalue weighted by Gasteiger charge is 2.20. The fourth-order valence-corrected chi connectivity index (χ4v) is 4.87. The Bertz CT molecular complexity index is 1350. The van der Waals surface area contributed by atoms with Crippen LogP contribution in [-0.4, -0.2) is 69.1 Å². The van der Waals surface area contributed by atoms with Crippen LogP contribution in [0.5, 0.6) is 0 Å². The van der Waals surface area contributed by atoms with Gasteiger partial charge in [0.05, 0.1) is 42.4 Å². The number of nitrogens with one attached hydrogen (secondary N) is 1. The number of morpholine rings is 1. The third-order valence-corrected chi connectivity index (χ3v) is 7.54. The number of ether oxygens (including phenoxy) is 1. The van der Waals surface area contributed by atoms with Crippen molar-refractivity contribution in [3.8, 4) is 17.2 Å². The van der Waals surface area contributed by atoms with E-state index in [-0.39, 0.29) is 31.5 Å². The molecule has 0 radical (unpaired) electrons. The van der Waals surface area contributed by atoms with E-state index in [1.165, 1.54) is 0 Å². The SMILES string of the molecule is N#CCN(CC(=O)CNC(CN1CCOCC1)c1ccc(-c2ccc(C(N)=O)cc2)cc1)c1ccc(Cl)c(Cl)c1. The van der Waals surface area contributed by atoms with E-state index in [9.17, 15) is 14.9 Å². The number of benzene rings is 3. The van der Waals surface area contributed by atoms with Gasteiger partial charge in [0.25, 0.3) is 0 Å². The van der Waals surface area contributed by atoms with Crippen LogP contribution >= 0.6 is 23.2 Å². The molecule has 1 atom stereocenters. The molecule has 1 amide bonds. The number of amides is 1. The maximum absolute atomic E-state index is 13.1. The van der Waals surface area contributed by atoms with Gasteiger partial charge in [-0.2, -0.15) is 5.26 Å². The molecule has 4 rings (SSSR count). The Morgan fingerprint density at radius 2 is 1.65 bits per heavy atom. The Morgan fingerprint density at radius 3 is 2.25 bits per heavy atom. The summed E-state index contributed by atoms with van der Waals surface area (Å²) >= 11 is 12.2. The largest absolute Gasteiger partial charge is 0.379 e. The van der Waals surface area contributed by atoms with Gasteiger partial charge in [-0.15, -0.1) is 0 Å². The zero-order chi connectivity index (χ0) is 28.5. The molecule has 0 aromatic heterocycles. The van der Waals surface area contributed by atoms with Crippen LogP contribution in [-0.2, 0) is 9.53 Å². The number of nitriles is 1. The lowest BCUT2D eigenvalue weighted by molar-refractivity contribution is -0.117. The molecule has 1 aliphatic rings. The summed E-state index contributed by atoms with van der Waals surface area (Å²) < 4.78 is 5.50. The number of hydrogen-bond donors (Lipinski definition) is 2. The molecule has 0 spiro atoms. The average Bonchev–Trinajstić information content (AvgIpc) is 2.97. The molecule has 208 valence electrons. The lowest BCUT2D eigenvalue weighted by Crippen LogP contribution is -2.43. The number of Topliss-reactive ketones (excluding diaryl/α,β-unsaturated/α-hetero) is 1. The van der Waals surface area contributed by atoms with Crippen molar-refractivity contribution < 1.29 is 14.3 Å². The minimum Gasteiger partial charge on any atom is -0.379 e. The van der Waals surface area contributed by atoms with Gasteiger partial charge in [0, 0.05) is 36.9 Å². The Kier molecular flexibility index (Phi) is 10.5. The number of nitrogens with two attached hydrogens (primary N) is 1. The van der Waals surface area contributed by atoms with Crippen molar-refractivity contribution >= 4 is 40.6 Å². The Labute approximate surface area is 244 Å². The van der Waals surface area contributed by atoms with Gasteiger partial charge >= 0.3 is 0 Å². The van der Waals surface area contributed by atoms with Crippen molar-refractivity contribution in [2.24, 2.45) is 5.73 Å². The molecular formula is C30H31Cl2N5O3. The van der Waals surface area contributed by atoms with E-state index in [0.717, 1.165) is 36.3 Å². The fourth-order valence-electron chi connectivity index (χ4n) is 4.58. The van der Waals surface area contributed by atoms with E-state index in [1.54, 1.807) is 35.2 Å². The number of ketones is 1. The number of rotatable bonds is 12. The predicted octanol–water partition coefficient (Wildman–Crippen LogP) is 4.32. The van der Waals surface area contributed by atoms with Crippen LogP contribution in [0.25, 0.3) is 11.1 Å². The summed E-state index contributed by atoms with van der Waals surface area (Å²) in [7, 11) is 0. The quantitative estimate of drug-likeness (QED) is 0.307. The van der Waals surface area contributed by atoms with Crippen LogP contribution in [0.15, 0.2) is 66.7 Å². The molecule has 0 bridgehead atoms. The molecule has 10 heteroatoms. The summed E-state index contributed by atoms with van der Waals surface area (Å²) in [5, 5.41) is 13.5. The Balaban J connectivity index is 1.45. The Morgan fingerprint density at radius 1 is 1.00 bits per heavy atom. The lowest BCUT2D eigenvalue weighted by Gasteiger charge is -2.31. The van der Waals surface area contributed by atoms with E-state index in [4.69, 9.17) is 33.7 Å². The van der Waals surface area contributed by atoms with Gasteiger partial charge in [0.15, 0.2) is 5.78 Å². The van der Waals surface area contributed by atoms with Crippen LogP contribution in [0, 0.1) is 11.3 Å². The molecule has 1 heterocycles. The highest BCUT2D eigenvalue weighted by Crippen LogP contribution is 2.27. The minimum absolute atomic E-state index is 0.0444. The van der Waals surface area contributed by atoms with Gasteiger partial charge in [0.1, 0.15) is 6.54 Å². The molecule has 1 aliphatic heterocycles. The molecule has 3 aromatic carbocycles. The van der Waals surface area contributed by atoms with Gasteiger partial charge in [-0.05, 0) is 47.0 Å². The first-order valence-electron chi connectivity index (χ1n) is 13.0. The number of carbonyl (C=O) groups is 2. The second kappa shape index (κ2) is 14.3. The van der Waals surface area contributed by atoms with Crippen molar-refractivity contribution in [2.75, 3.05) is 57.4 Å². The summed E-state index contributed by atoms with van der Waals surface area (Å²) in [6, 6.07) is 22.4. The third kappa shape index (κ3) is 8.04.